The van der Waals surface area contributed by atoms with Crippen LogP contribution in [0.1, 0.15) is 28.6 Å². The number of nitrogens with zero attached hydrogens (tertiary/aromatic N) is 1. The highest BCUT2D eigenvalue weighted by atomic mass is 79.9. The van der Waals surface area contributed by atoms with E-state index in [9.17, 15) is 9.59 Å². The fourth-order valence-electron chi connectivity index (χ4n) is 2.97. The monoisotopic (exact) mass is 500 g/mol. The number of carboxylic acids is 1. The van der Waals surface area contributed by atoms with Crippen LogP contribution in [0.2, 0.25) is 0 Å². The lowest BCUT2D eigenvalue weighted by atomic mass is 10.1. The summed E-state index contributed by atoms with van der Waals surface area (Å²) in [5, 5.41) is 13.7. The SMILES string of the molecule is C=CCc1cc(/C=N/NC(=O)c2cc3cc(Br)ccc3o2)cc(OCC)c1OCC(=O)O. The molecule has 2 N–H and O–H groups in total. The smallest absolute Gasteiger partial charge is 0.341 e. The van der Waals surface area contributed by atoms with Gasteiger partial charge in [0.05, 0.1) is 12.8 Å². The molecule has 0 saturated heterocycles. The molecule has 1 heterocycles. The number of ether oxygens (including phenoxy) is 2. The van der Waals surface area contributed by atoms with E-state index < -0.39 is 18.5 Å². The summed E-state index contributed by atoms with van der Waals surface area (Å²) < 4.78 is 17.5. The van der Waals surface area contributed by atoms with Crippen LogP contribution in [0.25, 0.3) is 11.0 Å². The van der Waals surface area contributed by atoms with Gasteiger partial charge in [-0.25, -0.2) is 10.2 Å². The van der Waals surface area contributed by atoms with Crippen molar-refractivity contribution >= 4 is 45.0 Å². The third kappa shape index (κ3) is 5.76. The average Bonchev–Trinajstić information content (AvgIpc) is 3.17. The topological polar surface area (TPSA) is 110 Å². The maximum Gasteiger partial charge on any atom is 0.341 e. The molecule has 0 aliphatic carbocycles. The molecule has 8 nitrogen and oxygen atoms in total. The molecule has 0 spiro atoms. The minimum Gasteiger partial charge on any atom is -0.490 e. The largest absolute Gasteiger partial charge is 0.490 e. The summed E-state index contributed by atoms with van der Waals surface area (Å²) in [6, 6.07) is 10.5. The summed E-state index contributed by atoms with van der Waals surface area (Å²) in [4.78, 5) is 23.3. The zero-order valence-corrected chi connectivity index (χ0v) is 18.8. The molecular formula is C23H21BrN2O6. The maximum atomic E-state index is 12.4. The van der Waals surface area contributed by atoms with Crippen molar-refractivity contribution in [3.63, 3.8) is 0 Å². The van der Waals surface area contributed by atoms with Crippen molar-refractivity contribution < 1.29 is 28.6 Å². The Hall–Kier alpha value is -3.59. The Morgan fingerprint density at radius 3 is 2.78 bits per heavy atom. The lowest BCUT2D eigenvalue weighted by Crippen LogP contribution is -2.16. The lowest BCUT2D eigenvalue weighted by Gasteiger charge is -2.15. The summed E-state index contributed by atoms with van der Waals surface area (Å²) in [7, 11) is 0. The number of benzene rings is 2. The summed E-state index contributed by atoms with van der Waals surface area (Å²) in [6.45, 7) is 5.39. The van der Waals surface area contributed by atoms with Crippen LogP contribution < -0.4 is 14.9 Å². The fourth-order valence-corrected chi connectivity index (χ4v) is 3.35. The predicted molar refractivity (Wildman–Crippen MR) is 124 cm³/mol. The van der Waals surface area contributed by atoms with Crippen molar-refractivity contribution in [1.82, 2.24) is 5.43 Å². The first-order chi connectivity index (χ1) is 15.4. The van der Waals surface area contributed by atoms with Gasteiger partial charge >= 0.3 is 11.9 Å². The van der Waals surface area contributed by atoms with E-state index in [1.807, 2.05) is 12.1 Å². The van der Waals surface area contributed by atoms with Crippen molar-refractivity contribution in [1.29, 1.82) is 0 Å². The molecule has 0 aliphatic rings. The molecule has 3 rings (SSSR count). The van der Waals surface area contributed by atoms with Gasteiger partial charge in [-0.05, 0) is 55.3 Å². The number of fused-ring (bicyclic) bond motifs is 1. The number of hydrogen-bond donors (Lipinski definition) is 2. The second-order valence-electron chi connectivity index (χ2n) is 6.61. The normalized spacial score (nSPS) is 10.9. The highest BCUT2D eigenvalue weighted by Crippen LogP contribution is 2.33. The predicted octanol–water partition coefficient (Wildman–Crippen LogP) is 4.55. The van der Waals surface area contributed by atoms with E-state index >= 15 is 0 Å². The molecule has 3 aromatic rings. The zero-order valence-electron chi connectivity index (χ0n) is 17.3. The number of aliphatic carboxylic acids is 1. The molecule has 0 atom stereocenters. The third-order valence-electron chi connectivity index (χ3n) is 4.24. The first kappa shape index (κ1) is 23.1. The van der Waals surface area contributed by atoms with Crippen molar-refractivity contribution in [3.05, 3.63) is 70.4 Å². The molecule has 0 unspecified atom stereocenters. The van der Waals surface area contributed by atoms with E-state index in [1.165, 1.54) is 6.21 Å². The molecule has 2 aromatic carbocycles. The highest BCUT2D eigenvalue weighted by Gasteiger charge is 2.15. The summed E-state index contributed by atoms with van der Waals surface area (Å²) in [6.07, 6.45) is 3.55. The fraction of sp³-hybridized carbons (Fsp3) is 0.174. The first-order valence-electron chi connectivity index (χ1n) is 9.69. The summed E-state index contributed by atoms with van der Waals surface area (Å²) >= 11 is 3.38. The lowest BCUT2D eigenvalue weighted by molar-refractivity contribution is -0.139. The van der Waals surface area contributed by atoms with Gasteiger partial charge in [0.15, 0.2) is 23.9 Å². The van der Waals surface area contributed by atoms with Crippen LogP contribution in [-0.2, 0) is 11.2 Å². The number of carbonyl (C=O) groups excluding carboxylic acids is 1. The number of carboxylic acid groups (broad SMARTS) is 1. The van der Waals surface area contributed by atoms with Crippen molar-refractivity contribution in [3.8, 4) is 11.5 Å². The van der Waals surface area contributed by atoms with Crippen LogP contribution >= 0.6 is 15.9 Å². The molecule has 0 aliphatic heterocycles. The van der Waals surface area contributed by atoms with E-state index in [0.29, 0.717) is 41.2 Å². The second-order valence-corrected chi connectivity index (χ2v) is 7.52. The molecule has 32 heavy (non-hydrogen) atoms. The van der Waals surface area contributed by atoms with Crippen LogP contribution in [0.3, 0.4) is 0 Å². The Morgan fingerprint density at radius 2 is 2.06 bits per heavy atom. The summed E-state index contributed by atoms with van der Waals surface area (Å²) in [5.74, 6) is -0.739. The molecule has 0 saturated carbocycles. The number of furan rings is 1. The quantitative estimate of drug-likeness (QED) is 0.240. The molecule has 0 bridgehead atoms. The summed E-state index contributed by atoms with van der Waals surface area (Å²) in [5.41, 5.74) is 4.34. The standard InChI is InChI=1S/C23H21BrN2O6/c1-3-5-15-8-14(9-19(30-4-2)22(15)31-13-21(27)28)12-25-26-23(29)20-11-16-10-17(24)6-7-18(16)32-20/h3,6-12H,1,4-5,13H2,2H3,(H,26,29)(H,27,28)/b25-12+. The van der Waals surface area contributed by atoms with Crippen LogP contribution in [0, 0.1) is 0 Å². The van der Waals surface area contributed by atoms with Crippen molar-refractivity contribution in [2.75, 3.05) is 13.2 Å². The third-order valence-corrected chi connectivity index (χ3v) is 4.73. The molecule has 9 heteroatoms. The van der Waals surface area contributed by atoms with Crippen LogP contribution in [-0.4, -0.2) is 36.4 Å². The minimum absolute atomic E-state index is 0.134. The van der Waals surface area contributed by atoms with Gasteiger partial charge in [-0.1, -0.05) is 22.0 Å². The zero-order chi connectivity index (χ0) is 23.1. The van der Waals surface area contributed by atoms with Crippen LogP contribution in [0.15, 0.2) is 63.0 Å². The van der Waals surface area contributed by atoms with Crippen LogP contribution in [0.4, 0.5) is 0 Å². The number of amides is 1. The van der Waals surface area contributed by atoms with Gasteiger partial charge in [-0.3, -0.25) is 4.79 Å². The van der Waals surface area contributed by atoms with Gasteiger partial charge in [-0.15, -0.1) is 6.58 Å². The highest BCUT2D eigenvalue weighted by molar-refractivity contribution is 9.10. The van der Waals surface area contributed by atoms with Crippen LogP contribution in [0.5, 0.6) is 11.5 Å². The van der Waals surface area contributed by atoms with E-state index in [1.54, 1.807) is 37.3 Å². The second kappa shape index (κ2) is 10.6. The van der Waals surface area contributed by atoms with Gasteiger partial charge in [0, 0.05) is 15.4 Å². The maximum absolute atomic E-state index is 12.4. The molecule has 1 aromatic heterocycles. The van der Waals surface area contributed by atoms with E-state index in [-0.39, 0.29) is 5.76 Å². The Labute approximate surface area is 192 Å². The number of hydrogen-bond acceptors (Lipinski definition) is 6. The number of allylic oxidation sites excluding steroid dienone is 1. The van der Waals surface area contributed by atoms with Crippen molar-refractivity contribution in [2.45, 2.75) is 13.3 Å². The first-order valence-corrected chi connectivity index (χ1v) is 10.5. The number of halogens is 1. The van der Waals surface area contributed by atoms with Gasteiger partial charge in [-0.2, -0.15) is 5.10 Å². The minimum atomic E-state index is -1.09. The Balaban J connectivity index is 1.80. The van der Waals surface area contributed by atoms with E-state index in [0.717, 1.165) is 9.86 Å². The molecule has 0 fully saturated rings. The van der Waals surface area contributed by atoms with Gasteiger partial charge in [0.2, 0.25) is 0 Å². The Kier molecular flexibility index (Phi) is 7.67. The van der Waals surface area contributed by atoms with E-state index in [4.69, 9.17) is 19.0 Å². The average molecular weight is 501 g/mol. The van der Waals surface area contributed by atoms with E-state index in [2.05, 4.69) is 33.0 Å². The number of rotatable bonds is 10. The number of nitrogens with one attached hydrogen (secondary N) is 1. The van der Waals surface area contributed by atoms with Crippen molar-refractivity contribution in [2.24, 2.45) is 5.10 Å². The van der Waals surface area contributed by atoms with Gasteiger partial charge < -0.3 is 19.0 Å². The molecular weight excluding hydrogens is 480 g/mol. The Morgan fingerprint density at radius 1 is 1.25 bits per heavy atom. The number of carbonyl (C=O) groups is 2. The van der Waals surface area contributed by atoms with Gasteiger partial charge in [0.25, 0.3) is 0 Å². The molecule has 166 valence electrons. The van der Waals surface area contributed by atoms with Gasteiger partial charge in [0.1, 0.15) is 5.58 Å². The molecule has 1 amide bonds. The number of hydrazone groups is 1. The Bertz CT molecular complexity index is 1180. The molecule has 0 radical (unpaired) electrons.